The fourth-order valence-corrected chi connectivity index (χ4v) is 1.08. The Labute approximate surface area is 93.0 Å². The molecule has 0 aliphatic heterocycles. The second-order valence-corrected chi connectivity index (χ2v) is 3.84. The molecule has 0 unspecified atom stereocenters. The summed E-state index contributed by atoms with van der Waals surface area (Å²) in [7, 11) is 2.06. The lowest BCUT2D eigenvalue weighted by Gasteiger charge is -2.15. The van der Waals surface area contributed by atoms with Crippen LogP contribution in [0.25, 0.3) is 0 Å². The Morgan fingerprint density at radius 2 is 1.92 bits per heavy atom. The van der Waals surface area contributed by atoms with Crippen LogP contribution in [-0.4, -0.2) is 44.1 Å². The molecule has 0 rings (SSSR count). The van der Waals surface area contributed by atoms with E-state index in [1.165, 1.54) is 0 Å². The van der Waals surface area contributed by atoms with Gasteiger partial charge in [-0.05, 0) is 13.0 Å². The Morgan fingerprint density at radius 1 is 1.31 bits per heavy atom. The van der Waals surface area contributed by atoms with E-state index in [2.05, 4.69) is 25.8 Å². The van der Waals surface area contributed by atoms with Gasteiger partial charge < -0.3 is 9.64 Å². The van der Waals surface area contributed by atoms with Gasteiger partial charge in [-0.1, -0.05) is 13.8 Å². The third-order valence-corrected chi connectivity index (χ3v) is 1.70. The van der Waals surface area contributed by atoms with Gasteiger partial charge in [-0.15, -0.1) is 24.0 Å². The number of ether oxygens (including phenoxy) is 1. The number of likely N-dealkylation sites (N-methyl/N-ethyl adjacent to an activating group) is 1. The van der Waals surface area contributed by atoms with E-state index < -0.39 is 0 Å². The summed E-state index contributed by atoms with van der Waals surface area (Å²) in [5, 5.41) is 0. The molecule has 0 heterocycles. The lowest BCUT2D eigenvalue weighted by molar-refractivity contribution is 0.0928. The maximum atomic E-state index is 5.58. The molecule has 4 heteroatoms. The Bertz CT molecular complexity index is 102. The van der Waals surface area contributed by atoms with E-state index in [0.29, 0.717) is 11.8 Å². The summed E-state index contributed by atoms with van der Waals surface area (Å²) in [5.74, 6) is 1.32. The molecule has 13 heavy (non-hydrogen) atoms. The van der Waals surface area contributed by atoms with Crippen molar-refractivity contribution < 1.29 is 4.74 Å². The summed E-state index contributed by atoms with van der Waals surface area (Å²) in [6.45, 7) is 7.89. The number of rotatable bonds is 7. The van der Waals surface area contributed by atoms with E-state index in [9.17, 15) is 0 Å². The first-order valence-corrected chi connectivity index (χ1v) is 5.02. The van der Waals surface area contributed by atoms with Crippen molar-refractivity contribution in [3.63, 3.8) is 0 Å². The molecule has 0 fully saturated rings. The van der Waals surface area contributed by atoms with Crippen molar-refractivity contribution in [2.75, 3.05) is 39.2 Å². The lowest BCUT2D eigenvalue weighted by Crippen LogP contribution is -2.25. The highest BCUT2D eigenvalue weighted by Gasteiger charge is 1.97. The van der Waals surface area contributed by atoms with Crippen LogP contribution < -0.4 is 0 Å². The zero-order valence-electron chi connectivity index (χ0n) is 8.75. The van der Waals surface area contributed by atoms with Crippen molar-refractivity contribution in [2.45, 2.75) is 13.8 Å². The number of nitrogens with zero attached hydrogens (tertiary/aromatic N) is 1. The third kappa shape index (κ3) is 12.5. The summed E-state index contributed by atoms with van der Waals surface area (Å²) < 4.78 is 5.43. The zero-order valence-corrected chi connectivity index (χ0v) is 10.3. The number of halogens is 2. The normalized spacial score (nSPS) is 10.6. The molecule has 0 N–H and O–H groups in total. The Balaban J connectivity index is 0. The lowest BCUT2D eigenvalue weighted by atomic mass is 10.2. The van der Waals surface area contributed by atoms with E-state index >= 15 is 0 Å². The van der Waals surface area contributed by atoms with E-state index in [0.717, 1.165) is 26.3 Å². The van der Waals surface area contributed by atoms with Gasteiger partial charge in [0, 0.05) is 25.6 Å². The smallest absolute Gasteiger partial charge is 0.0593 e. The van der Waals surface area contributed by atoms with Gasteiger partial charge in [-0.3, -0.25) is 0 Å². The molecular formula is C9H21Cl2NO. The fraction of sp³-hybridized carbons (Fsp3) is 1.00. The van der Waals surface area contributed by atoms with Crippen LogP contribution >= 0.6 is 24.0 Å². The minimum Gasteiger partial charge on any atom is -0.380 e. The molecule has 0 aromatic rings. The molecule has 0 bridgehead atoms. The molecule has 2 nitrogen and oxygen atoms in total. The molecular weight excluding hydrogens is 209 g/mol. The topological polar surface area (TPSA) is 12.5 Å². The molecule has 82 valence electrons. The first-order chi connectivity index (χ1) is 5.66. The van der Waals surface area contributed by atoms with Gasteiger partial charge in [0.1, 0.15) is 0 Å². The summed E-state index contributed by atoms with van der Waals surface area (Å²) in [5.41, 5.74) is 0. The molecule has 0 atom stereocenters. The monoisotopic (exact) mass is 229 g/mol. The van der Waals surface area contributed by atoms with Crippen molar-refractivity contribution in [3.8, 4) is 0 Å². The van der Waals surface area contributed by atoms with Gasteiger partial charge in [0.05, 0.1) is 6.61 Å². The summed E-state index contributed by atoms with van der Waals surface area (Å²) in [6.07, 6.45) is 0. The minimum absolute atomic E-state index is 0. The standard InChI is InChI=1S/C9H20ClNO.ClH/c1-9(2)8-12-7-6-11(3)5-4-10;/h9H,4-8H2,1-3H3;1H. The van der Waals surface area contributed by atoms with Crippen LogP contribution in [0.15, 0.2) is 0 Å². The number of hydrogen-bond donors (Lipinski definition) is 0. The molecule has 0 amide bonds. The second-order valence-electron chi connectivity index (χ2n) is 3.46. The molecule has 0 saturated carbocycles. The predicted molar refractivity (Wildman–Crippen MR) is 61.1 cm³/mol. The molecule has 0 aromatic carbocycles. The van der Waals surface area contributed by atoms with Crippen LogP contribution in [0.2, 0.25) is 0 Å². The van der Waals surface area contributed by atoms with Gasteiger partial charge in [0.15, 0.2) is 0 Å². The maximum Gasteiger partial charge on any atom is 0.0593 e. The first-order valence-electron chi connectivity index (χ1n) is 4.49. The van der Waals surface area contributed by atoms with E-state index in [4.69, 9.17) is 16.3 Å². The van der Waals surface area contributed by atoms with Gasteiger partial charge in [-0.25, -0.2) is 0 Å². The average molecular weight is 230 g/mol. The van der Waals surface area contributed by atoms with E-state index in [1.807, 2.05) is 0 Å². The minimum atomic E-state index is 0. The quantitative estimate of drug-likeness (QED) is 0.491. The average Bonchev–Trinajstić information content (AvgIpc) is 1.98. The van der Waals surface area contributed by atoms with Crippen molar-refractivity contribution in [2.24, 2.45) is 5.92 Å². The number of hydrogen-bond acceptors (Lipinski definition) is 2. The van der Waals surface area contributed by atoms with E-state index in [1.54, 1.807) is 0 Å². The molecule has 0 spiro atoms. The van der Waals surface area contributed by atoms with Crippen LogP contribution in [0.1, 0.15) is 13.8 Å². The van der Waals surface area contributed by atoms with Crippen molar-refractivity contribution in [3.05, 3.63) is 0 Å². The highest BCUT2D eigenvalue weighted by molar-refractivity contribution is 6.18. The molecule has 0 aliphatic rings. The maximum absolute atomic E-state index is 5.58. The number of alkyl halides is 1. The first kappa shape index (κ1) is 15.9. The summed E-state index contributed by atoms with van der Waals surface area (Å²) in [4.78, 5) is 2.17. The van der Waals surface area contributed by atoms with Crippen molar-refractivity contribution in [1.82, 2.24) is 4.90 Å². The molecule has 0 aromatic heterocycles. The van der Waals surface area contributed by atoms with Gasteiger partial charge in [0.2, 0.25) is 0 Å². The van der Waals surface area contributed by atoms with Crippen LogP contribution in [-0.2, 0) is 4.74 Å². The van der Waals surface area contributed by atoms with Crippen LogP contribution in [0.3, 0.4) is 0 Å². The van der Waals surface area contributed by atoms with Crippen molar-refractivity contribution >= 4 is 24.0 Å². The van der Waals surface area contributed by atoms with Crippen molar-refractivity contribution in [1.29, 1.82) is 0 Å². The highest BCUT2D eigenvalue weighted by Crippen LogP contribution is 1.92. The summed E-state index contributed by atoms with van der Waals surface area (Å²) in [6, 6.07) is 0. The molecule has 0 aliphatic carbocycles. The van der Waals surface area contributed by atoms with E-state index in [-0.39, 0.29) is 12.4 Å². The molecule has 0 radical (unpaired) electrons. The third-order valence-electron chi connectivity index (χ3n) is 1.53. The fourth-order valence-electron chi connectivity index (χ4n) is 0.796. The predicted octanol–water partition coefficient (Wildman–Crippen LogP) is 2.25. The SMILES string of the molecule is CC(C)COCCN(C)CCCl.Cl. The Kier molecular flexibility index (Phi) is 13.0. The summed E-state index contributed by atoms with van der Waals surface area (Å²) >= 11 is 5.58. The molecule has 0 saturated heterocycles. The van der Waals surface area contributed by atoms with Gasteiger partial charge in [-0.2, -0.15) is 0 Å². The van der Waals surface area contributed by atoms with Gasteiger partial charge in [0.25, 0.3) is 0 Å². The Morgan fingerprint density at radius 3 is 2.38 bits per heavy atom. The Hall–Kier alpha value is 0.500. The van der Waals surface area contributed by atoms with Crippen LogP contribution in [0, 0.1) is 5.92 Å². The zero-order chi connectivity index (χ0) is 9.40. The van der Waals surface area contributed by atoms with Crippen LogP contribution in [0.5, 0.6) is 0 Å². The van der Waals surface area contributed by atoms with Gasteiger partial charge >= 0.3 is 0 Å². The second kappa shape index (κ2) is 10.6. The largest absolute Gasteiger partial charge is 0.380 e. The highest BCUT2D eigenvalue weighted by atomic mass is 35.5. The van der Waals surface area contributed by atoms with Crippen LogP contribution in [0.4, 0.5) is 0 Å².